The van der Waals surface area contributed by atoms with Crippen LogP contribution in [0.2, 0.25) is 0 Å². The fourth-order valence-electron chi connectivity index (χ4n) is 1.78. The first kappa shape index (κ1) is 14.8. The zero-order valence-electron chi connectivity index (χ0n) is 12.0. The van der Waals surface area contributed by atoms with Gasteiger partial charge in [0.1, 0.15) is 0 Å². The van der Waals surface area contributed by atoms with Gasteiger partial charge in [0.2, 0.25) is 0 Å². The molecule has 0 saturated carbocycles. The van der Waals surface area contributed by atoms with Crippen LogP contribution in [-0.2, 0) is 0 Å². The lowest BCUT2D eigenvalue weighted by atomic mass is 9.95. The second kappa shape index (κ2) is 6.64. The summed E-state index contributed by atoms with van der Waals surface area (Å²) in [6.45, 7) is 11.4. The van der Waals surface area contributed by atoms with E-state index in [1.54, 1.807) is 0 Å². The maximum Gasteiger partial charge on any atom is 0.0498 e. The number of benzene rings is 1. The highest BCUT2D eigenvalue weighted by Gasteiger charge is 2.15. The molecule has 1 aromatic carbocycles. The van der Waals surface area contributed by atoms with Crippen LogP contribution in [0.5, 0.6) is 0 Å². The van der Waals surface area contributed by atoms with Crippen molar-refractivity contribution >= 4 is 11.4 Å². The van der Waals surface area contributed by atoms with Crippen molar-refractivity contribution in [3.63, 3.8) is 0 Å². The van der Waals surface area contributed by atoms with Gasteiger partial charge < -0.3 is 15.3 Å². The largest absolute Gasteiger partial charge is 0.396 e. The normalized spacial score (nSPS) is 11.4. The number of aliphatic hydroxyl groups excluding tert-OH is 1. The van der Waals surface area contributed by atoms with Crippen molar-refractivity contribution in [2.24, 2.45) is 5.41 Å². The quantitative estimate of drug-likeness (QED) is 0.781. The average Bonchev–Trinajstić information content (AvgIpc) is 2.39. The number of hydrogen-bond acceptors (Lipinski definition) is 3. The first-order valence-electron chi connectivity index (χ1n) is 6.72. The Bertz CT molecular complexity index is 342. The Morgan fingerprint density at radius 3 is 2.11 bits per heavy atom. The van der Waals surface area contributed by atoms with E-state index in [4.69, 9.17) is 0 Å². The highest BCUT2D eigenvalue weighted by atomic mass is 16.3. The minimum absolute atomic E-state index is 0.0858. The van der Waals surface area contributed by atoms with Gasteiger partial charge in [0.25, 0.3) is 0 Å². The lowest BCUT2D eigenvalue weighted by Gasteiger charge is -2.24. The van der Waals surface area contributed by atoms with Gasteiger partial charge in [0.15, 0.2) is 0 Å². The third kappa shape index (κ3) is 4.22. The van der Waals surface area contributed by atoms with Crippen molar-refractivity contribution in [1.29, 1.82) is 0 Å². The van der Waals surface area contributed by atoms with Crippen molar-refractivity contribution < 1.29 is 5.11 Å². The van der Waals surface area contributed by atoms with Crippen molar-refractivity contribution in [3.8, 4) is 0 Å². The third-order valence-corrected chi connectivity index (χ3v) is 3.19. The zero-order valence-corrected chi connectivity index (χ0v) is 12.0. The van der Waals surface area contributed by atoms with E-state index < -0.39 is 0 Å². The molecule has 3 heteroatoms. The second-order valence-corrected chi connectivity index (χ2v) is 5.40. The summed E-state index contributed by atoms with van der Waals surface area (Å²) in [5.74, 6) is 0. The maximum atomic E-state index is 9.21. The van der Waals surface area contributed by atoms with Gasteiger partial charge in [-0.05, 0) is 38.1 Å². The number of aliphatic hydroxyl groups is 1. The number of anilines is 2. The van der Waals surface area contributed by atoms with Crippen LogP contribution in [-0.4, -0.2) is 31.3 Å². The maximum absolute atomic E-state index is 9.21. The molecule has 0 saturated heterocycles. The molecule has 1 aromatic rings. The SMILES string of the molecule is CCN(CC)c1ccc(NCC(C)(C)CO)cc1. The number of nitrogens with one attached hydrogen (secondary N) is 1. The van der Waals surface area contributed by atoms with Crippen molar-refractivity contribution in [2.45, 2.75) is 27.7 Å². The second-order valence-electron chi connectivity index (χ2n) is 5.40. The summed E-state index contributed by atoms with van der Waals surface area (Å²) in [5, 5.41) is 12.6. The van der Waals surface area contributed by atoms with Crippen LogP contribution in [0.3, 0.4) is 0 Å². The molecule has 0 spiro atoms. The molecule has 3 nitrogen and oxygen atoms in total. The highest BCUT2D eigenvalue weighted by Crippen LogP contribution is 2.20. The average molecular weight is 250 g/mol. The van der Waals surface area contributed by atoms with Crippen molar-refractivity contribution in [1.82, 2.24) is 0 Å². The van der Waals surface area contributed by atoms with Gasteiger partial charge in [-0.15, -0.1) is 0 Å². The molecule has 0 radical (unpaired) electrons. The van der Waals surface area contributed by atoms with E-state index in [1.807, 2.05) is 13.8 Å². The Kier molecular flexibility index (Phi) is 5.48. The lowest BCUT2D eigenvalue weighted by Crippen LogP contribution is -2.26. The van der Waals surface area contributed by atoms with Crippen LogP contribution in [0.15, 0.2) is 24.3 Å². The summed E-state index contributed by atoms with van der Waals surface area (Å²) >= 11 is 0. The van der Waals surface area contributed by atoms with Gasteiger partial charge in [0.05, 0.1) is 0 Å². The Morgan fingerprint density at radius 1 is 1.11 bits per heavy atom. The minimum atomic E-state index is -0.0858. The van der Waals surface area contributed by atoms with E-state index in [0.29, 0.717) is 0 Å². The smallest absolute Gasteiger partial charge is 0.0498 e. The van der Waals surface area contributed by atoms with Gasteiger partial charge in [-0.2, -0.15) is 0 Å². The monoisotopic (exact) mass is 250 g/mol. The van der Waals surface area contributed by atoms with Gasteiger partial charge in [-0.1, -0.05) is 13.8 Å². The fraction of sp³-hybridized carbons (Fsp3) is 0.600. The number of rotatable bonds is 7. The molecular weight excluding hydrogens is 224 g/mol. The molecule has 0 heterocycles. The summed E-state index contributed by atoms with van der Waals surface area (Å²) in [7, 11) is 0. The van der Waals surface area contributed by atoms with Crippen molar-refractivity contribution in [2.75, 3.05) is 36.5 Å². The Balaban J connectivity index is 2.60. The van der Waals surface area contributed by atoms with Crippen LogP contribution in [0, 0.1) is 5.41 Å². The summed E-state index contributed by atoms with van der Waals surface area (Å²) < 4.78 is 0. The molecule has 2 N–H and O–H groups in total. The van der Waals surface area contributed by atoms with E-state index >= 15 is 0 Å². The van der Waals surface area contributed by atoms with Gasteiger partial charge in [-0.25, -0.2) is 0 Å². The molecule has 0 amide bonds. The Hall–Kier alpha value is -1.22. The Labute approximate surface area is 111 Å². The van der Waals surface area contributed by atoms with Gasteiger partial charge in [-0.3, -0.25) is 0 Å². The molecule has 0 aliphatic carbocycles. The van der Waals surface area contributed by atoms with Crippen LogP contribution >= 0.6 is 0 Å². The zero-order chi connectivity index (χ0) is 13.6. The first-order valence-corrected chi connectivity index (χ1v) is 6.72. The summed E-state index contributed by atoms with van der Waals surface area (Å²) in [6.07, 6.45) is 0. The fourth-order valence-corrected chi connectivity index (χ4v) is 1.78. The molecule has 0 atom stereocenters. The van der Waals surface area contributed by atoms with Crippen LogP contribution in [0.4, 0.5) is 11.4 Å². The van der Waals surface area contributed by atoms with Crippen molar-refractivity contribution in [3.05, 3.63) is 24.3 Å². The van der Waals surface area contributed by atoms with E-state index in [9.17, 15) is 5.11 Å². The summed E-state index contributed by atoms with van der Waals surface area (Å²) in [4.78, 5) is 2.32. The molecule has 0 fully saturated rings. The van der Waals surface area contributed by atoms with E-state index in [2.05, 4.69) is 48.3 Å². The Morgan fingerprint density at radius 2 is 1.67 bits per heavy atom. The van der Waals surface area contributed by atoms with E-state index in [-0.39, 0.29) is 12.0 Å². The van der Waals surface area contributed by atoms with Gasteiger partial charge >= 0.3 is 0 Å². The molecular formula is C15H26N2O. The molecule has 18 heavy (non-hydrogen) atoms. The van der Waals surface area contributed by atoms with Gasteiger partial charge in [0, 0.05) is 43.0 Å². The van der Waals surface area contributed by atoms with Crippen LogP contribution in [0.25, 0.3) is 0 Å². The molecule has 102 valence electrons. The molecule has 0 aromatic heterocycles. The number of hydrogen-bond donors (Lipinski definition) is 2. The molecule has 0 unspecified atom stereocenters. The van der Waals surface area contributed by atoms with Crippen LogP contribution in [0.1, 0.15) is 27.7 Å². The highest BCUT2D eigenvalue weighted by molar-refractivity contribution is 5.55. The molecule has 0 bridgehead atoms. The molecule has 0 aliphatic heterocycles. The van der Waals surface area contributed by atoms with Crippen LogP contribution < -0.4 is 10.2 Å². The lowest BCUT2D eigenvalue weighted by molar-refractivity contribution is 0.171. The standard InChI is InChI=1S/C15H26N2O/c1-5-17(6-2)14-9-7-13(8-10-14)16-11-15(3,4)12-18/h7-10,16,18H,5-6,11-12H2,1-4H3. The summed E-state index contributed by atoms with van der Waals surface area (Å²) in [6, 6.07) is 8.48. The van der Waals surface area contributed by atoms with E-state index in [0.717, 1.165) is 25.3 Å². The topological polar surface area (TPSA) is 35.5 Å². The molecule has 0 aliphatic rings. The third-order valence-electron chi connectivity index (χ3n) is 3.19. The minimum Gasteiger partial charge on any atom is -0.396 e. The molecule has 1 rings (SSSR count). The van der Waals surface area contributed by atoms with E-state index in [1.165, 1.54) is 5.69 Å². The predicted octanol–water partition coefficient (Wildman–Crippen LogP) is 2.96. The summed E-state index contributed by atoms with van der Waals surface area (Å²) in [5.41, 5.74) is 2.27. The first-order chi connectivity index (χ1) is 8.52. The number of nitrogens with zero attached hydrogens (tertiary/aromatic N) is 1. The predicted molar refractivity (Wildman–Crippen MR) is 79.4 cm³/mol.